The minimum absolute atomic E-state index is 0.183. The van der Waals surface area contributed by atoms with E-state index in [0.29, 0.717) is 10.9 Å². The zero-order valence-electron chi connectivity index (χ0n) is 18.0. The normalized spacial score (nSPS) is 10.8. The largest absolute Gasteiger partial charge is 0.422 e. The van der Waals surface area contributed by atoms with E-state index in [-0.39, 0.29) is 22.0 Å². The maximum absolute atomic E-state index is 13.0. The van der Waals surface area contributed by atoms with E-state index in [4.69, 9.17) is 16.3 Å². The highest BCUT2D eigenvalue weighted by atomic mass is 35.5. The number of benzene rings is 4. The van der Waals surface area contributed by atoms with Crippen molar-refractivity contribution in [1.29, 1.82) is 0 Å². The van der Waals surface area contributed by atoms with Gasteiger partial charge in [-0.15, -0.1) is 0 Å². The first kappa shape index (κ1) is 23.6. The Kier molecular flexibility index (Phi) is 7.13. The number of halogens is 2. The Bertz CT molecular complexity index is 1450. The van der Waals surface area contributed by atoms with Crippen molar-refractivity contribution in [1.82, 2.24) is 5.43 Å². The second kappa shape index (κ2) is 10.6. The summed E-state index contributed by atoms with van der Waals surface area (Å²) in [6.07, 6.45) is 1.28. The van der Waals surface area contributed by atoms with Crippen LogP contribution in [0.25, 0.3) is 10.8 Å². The number of amides is 2. The zero-order chi connectivity index (χ0) is 24.8. The van der Waals surface area contributed by atoms with Crippen LogP contribution in [-0.2, 0) is 9.59 Å². The van der Waals surface area contributed by atoms with Gasteiger partial charge in [0.25, 0.3) is 0 Å². The quantitative estimate of drug-likeness (QED) is 0.136. The molecule has 0 heterocycles. The van der Waals surface area contributed by atoms with E-state index in [0.717, 1.165) is 17.5 Å². The van der Waals surface area contributed by atoms with Gasteiger partial charge in [0.2, 0.25) is 0 Å². The topological polar surface area (TPSA) is 96.9 Å². The molecule has 9 heteroatoms. The lowest BCUT2D eigenvalue weighted by Gasteiger charge is -2.11. The van der Waals surface area contributed by atoms with Crippen LogP contribution in [0.4, 0.5) is 10.1 Å². The standard InChI is InChI=1S/C26H17ClFN3O4/c27-22-8-4-3-7-20(22)26(34)35-23-14-9-16-5-1-2-6-19(16)21(23)15-29-31-25(33)24(32)30-18-12-10-17(28)11-13-18/h1-15H,(H,30,32)(H,31,33)/b29-15-. The average molecular weight is 490 g/mol. The molecule has 0 saturated heterocycles. The third-order valence-corrected chi connectivity index (χ3v) is 5.22. The molecular weight excluding hydrogens is 473 g/mol. The SMILES string of the molecule is O=C(N/N=C\c1c(OC(=O)c2ccccc2Cl)ccc2ccccc12)C(=O)Nc1ccc(F)cc1. The Morgan fingerprint density at radius 2 is 1.57 bits per heavy atom. The fourth-order valence-electron chi connectivity index (χ4n) is 3.21. The lowest BCUT2D eigenvalue weighted by atomic mass is 10.0. The molecule has 2 N–H and O–H groups in total. The highest BCUT2D eigenvalue weighted by molar-refractivity contribution is 6.39. The van der Waals surface area contributed by atoms with E-state index in [1.54, 1.807) is 48.5 Å². The Hall–Kier alpha value is -4.56. The number of anilines is 1. The molecule has 0 radical (unpaired) electrons. The number of carbonyl (C=O) groups excluding carboxylic acids is 3. The fourth-order valence-corrected chi connectivity index (χ4v) is 3.42. The second-order valence-corrected chi connectivity index (χ2v) is 7.64. The van der Waals surface area contributed by atoms with Gasteiger partial charge < -0.3 is 10.1 Å². The predicted molar refractivity (Wildman–Crippen MR) is 131 cm³/mol. The number of ether oxygens (including phenoxy) is 1. The van der Waals surface area contributed by atoms with Gasteiger partial charge in [-0.05, 0) is 53.2 Å². The van der Waals surface area contributed by atoms with Crippen molar-refractivity contribution in [2.75, 3.05) is 5.32 Å². The Morgan fingerprint density at radius 3 is 2.34 bits per heavy atom. The molecule has 0 fully saturated rings. The maximum atomic E-state index is 13.0. The molecule has 0 atom stereocenters. The molecule has 2 amide bonds. The van der Waals surface area contributed by atoms with Crippen LogP contribution in [0.15, 0.2) is 90.0 Å². The Morgan fingerprint density at radius 1 is 0.857 bits per heavy atom. The van der Waals surface area contributed by atoms with E-state index in [9.17, 15) is 18.8 Å². The molecule has 4 aromatic rings. The monoisotopic (exact) mass is 489 g/mol. The number of carbonyl (C=O) groups is 3. The van der Waals surface area contributed by atoms with Crippen molar-refractivity contribution < 1.29 is 23.5 Å². The van der Waals surface area contributed by atoms with E-state index >= 15 is 0 Å². The van der Waals surface area contributed by atoms with Crippen molar-refractivity contribution in [3.05, 3.63) is 107 Å². The number of hydrogen-bond acceptors (Lipinski definition) is 5. The summed E-state index contributed by atoms with van der Waals surface area (Å²) in [5.41, 5.74) is 2.98. The maximum Gasteiger partial charge on any atom is 0.345 e. The molecule has 4 rings (SSSR count). The number of esters is 1. The van der Waals surface area contributed by atoms with Crippen molar-refractivity contribution >= 4 is 52.1 Å². The summed E-state index contributed by atoms with van der Waals surface area (Å²) in [5, 5.41) is 7.98. The number of nitrogens with one attached hydrogen (secondary N) is 2. The molecule has 0 spiro atoms. The number of rotatable bonds is 5. The van der Waals surface area contributed by atoms with Gasteiger partial charge in [-0.3, -0.25) is 9.59 Å². The van der Waals surface area contributed by atoms with Gasteiger partial charge in [0.05, 0.1) is 16.8 Å². The highest BCUT2D eigenvalue weighted by Gasteiger charge is 2.16. The third kappa shape index (κ3) is 5.69. The summed E-state index contributed by atoms with van der Waals surface area (Å²) in [7, 11) is 0. The van der Waals surface area contributed by atoms with Crippen molar-refractivity contribution in [2.45, 2.75) is 0 Å². The van der Waals surface area contributed by atoms with Crippen LogP contribution < -0.4 is 15.5 Å². The Balaban J connectivity index is 1.54. The van der Waals surface area contributed by atoms with Gasteiger partial charge in [0.1, 0.15) is 11.6 Å². The van der Waals surface area contributed by atoms with Crippen LogP contribution in [-0.4, -0.2) is 24.0 Å². The van der Waals surface area contributed by atoms with Gasteiger partial charge in [0, 0.05) is 11.3 Å². The van der Waals surface area contributed by atoms with E-state index in [1.807, 2.05) is 12.1 Å². The van der Waals surface area contributed by atoms with Crippen LogP contribution >= 0.6 is 11.6 Å². The summed E-state index contributed by atoms with van der Waals surface area (Å²) >= 11 is 6.10. The lowest BCUT2D eigenvalue weighted by molar-refractivity contribution is -0.136. The first-order chi connectivity index (χ1) is 16.9. The third-order valence-electron chi connectivity index (χ3n) is 4.90. The summed E-state index contributed by atoms with van der Waals surface area (Å²) in [6.45, 7) is 0. The number of nitrogens with zero attached hydrogens (tertiary/aromatic N) is 1. The van der Waals surface area contributed by atoms with Gasteiger partial charge in [0.15, 0.2) is 0 Å². The second-order valence-electron chi connectivity index (χ2n) is 7.23. The molecule has 174 valence electrons. The van der Waals surface area contributed by atoms with Gasteiger partial charge in [-0.1, -0.05) is 54.1 Å². The Labute approximate surface area is 204 Å². The van der Waals surface area contributed by atoms with E-state index < -0.39 is 23.6 Å². The molecule has 0 aliphatic carbocycles. The molecule has 0 bridgehead atoms. The van der Waals surface area contributed by atoms with Crippen molar-refractivity contribution in [2.24, 2.45) is 5.10 Å². The number of hydrazone groups is 1. The molecule has 35 heavy (non-hydrogen) atoms. The van der Waals surface area contributed by atoms with E-state index in [2.05, 4.69) is 15.8 Å². The molecule has 0 aromatic heterocycles. The molecule has 0 aliphatic rings. The minimum Gasteiger partial charge on any atom is -0.422 e. The first-order valence-corrected chi connectivity index (χ1v) is 10.7. The van der Waals surface area contributed by atoms with E-state index in [1.165, 1.54) is 18.3 Å². The lowest BCUT2D eigenvalue weighted by Crippen LogP contribution is -2.32. The first-order valence-electron chi connectivity index (χ1n) is 10.3. The van der Waals surface area contributed by atoms with Crippen molar-refractivity contribution in [3.63, 3.8) is 0 Å². The van der Waals surface area contributed by atoms with Crippen LogP contribution in [0.5, 0.6) is 5.75 Å². The molecular formula is C26H17ClFN3O4. The average Bonchev–Trinajstić information content (AvgIpc) is 2.86. The minimum atomic E-state index is -1.04. The highest BCUT2D eigenvalue weighted by Crippen LogP contribution is 2.28. The van der Waals surface area contributed by atoms with Gasteiger partial charge >= 0.3 is 17.8 Å². The molecule has 0 unspecified atom stereocenters. The number of fused-ring (bicyclic) bond motifs is 1. The summed E-state index contributed by atoms with van der Waals surface area (Å²) in [6, 6.07) is 22.1. The molecule has 0 saturated carbocycles. The summed E-state index contributed by atoms with van der Waals surface area (Å²) in [5.74, 6) is -2.98. The fraction of sp³-hybridized carbons (Fsp3) is 0. The summed E-state index contributed by atoms with van der Waals surface area (Å²) in [4.78, 5) is 36.9. The van der Waals surface area contributed by atoms with Crippen molar-refractivity contribution in [3.8, 4) is 5.75 Å². The molecule has 0 aliphatic heterocycles. The van der Waals surface area contributed by atoms with Gasteiger partial charge in [-0.25, -0.2) is 14.6 Å². The summed E-state index contributed by atoms with van der Waals surface area (Å²) < 4.78 is 18.6. The van der Waals surface area contributed by atoms with Crippen LogP contribution in [0.3, 0.4) is 0 Å². The number of hydrogen-bond donors (Lipinski definition) is 2. The molecule has 4 aromatic carbocycles. The molecule has 7 nitrogen and oxygen atoms in total. The van der Waals surface area contributed by atoms with Gasteiger partial charge in [-0.2, -0.15) is 5.10 Å². The zero-order valence-corrected chi connectivity index (χ0v) is 18.8. The van der Waals surface area contributed by atoms with Crippen LogP contribution in [0.1, 0.15) is 15.9 Å². The van der Waals surface area contributed by atoms with Crippen LogP contribution in [0.2, 0.25) is 5.02 Å². The smallest absolute Gasteiger partial charge is 0.345 e. The van der Waals surface area contributed by atoms with Crippen LogP contribution in [0, 0.1) is 5.82 Å². The predicted octanol–water partition coefficient (Wildman–Crippen LogP) is 4.94.